The topological polar surface area (TPSA) is 117 Å². The summed E-state index contributed by atoms with van der Waals surface area (Å²) in [4.78, 5) is 46.8. The van der Waals surface area contributed by atoms with Crippen molar-refractivity contribution < 1.29 is 24.2 Å². The zero-order chi connectivity index (χ0) is 25.4. The fraction of sp³-hybridized carbons (Fsp3) is 0.615. The molecule has 3 heterocycles. The Morgan fingerprint density at radius 3 is 2.47 bits per heavy atom. The number of ether oxygens (including phenoxy) is 1. The lowest BCUT2D eigenvalue weighted by Gasteiger charge is -2.40. The summed E-state index contributed by atoms with van der Waals surface area (Å²) < 4.78 is 7.43. The minimum Gasteiger partial charge on any atom is -0.465 e. The van der Waals surface area contributed by atoms with Crippen LogP contribution in [0.15, 0.2) is 24.3 Å². The molecule has 194 valence electrons. The number of nitrogens with zero attached hydrogens (tertiary/aromatic N) is 4. The largest absolute Gasteiger partial charge is 0.465 e. The van der Waals surface area contributed by atoms with Crippen LogP contribution in [0.1, 0.15) is 49.8 Å². The normalized spacial score (nSPS) is 23.8. The molecule has 1 unspecified atom stereocenters. The number of ketones is 1. The number of para-hydroxylation sites is 2. The molecule has 5 rings (SSSR count). The standard InChI is InChI=1S/C26H35N5O5/c1-16(2)22(23(32)24-28-20-5-3-4-6-21(20)31(24)19-7-8-19)27-18-13-17(14-30(15-18)26(34)35)25(33)29-9-11-36-12-10-29/h3-6,16-19,22,27H,7-15H2,1-2H3,(H,34,35)/t17-,18+,22?/m1/s1. The number of morpholine rings is 1. The number of fused-ring (bicyclic) bond motifs is 1. The van der Waals surface area contributed by atoms with E-state index in [1.165, 1.54) is 4.90 Å². The van der Waals surface area contributed by atoms with Crippen molar-refractivity contribution in [1.29, 1.82) is 0 Å². The highest BCUT2D eigenvalue weighted by Crippen LogP contribution is 2.39. The molecule has 1 aliphatic carbocycles. The van der Waals surface area contributed by atoms with Gasteiger partial charge in [0.25, 0.3) is 0 Å². The third-order valence-corrected chi connectivity index (χ3v) is 7.49. The maximum absolute atomic E-state index is 13.9. The number of piperidine rings is 1. The molecular weight excluding hydrogens is 462 g/mol. The first kappa shape index (κ1) is 24.7. The highest BCUT2D eigenvalue weighted by atomic mass is 16.5. The summed E-state index contributed by atoms with van der Waals surface area (Å²) in [6.45, 7) is 6.39. The molecule has 2 saturated heterocycles. The van der Waals surface area contributed by atoms with Crippen LogP contribution in [0.2, 0.25) is 0 Å². The fourth-order valence-corrected chi connectivity index (χ4v) is 5.48. The van der Waals surface area contributed by atoms with E-state index in [0.717, 1.165) is 23.9 Å². The maximum Gasteiger partial charge on any atom is 0.407 e. The predicted molar refractivity (Wildman–Crippen MR) is 133 cm³/mol. The summed E-state index contributed by atoms with van der Waals surface area (Å²) >= 11 is 0. The quantitative estimate of drug-likeness (QED) is 0.564. The van der Waals surface area contributed by atoms with Crippen LogP contribution in [0, 0.1) is 11.8 Å². The van der Waals surface area contributed by atoms with Crippen molar-refractivity contribution in [3.63, 3.8) is 0 Å². The Morgan fingerprint density at radius 2 is 1.81 bits per heavy atom. The number of amides is 2. The van der Waals surface area contributed by atoms with Crippen molar-refractivity contribution in [2.45, 2.75) is 51.2 Å². The third kappa shape index (κ3) is 4.97. The second-order valence-corrected chi connectivity index (χ2v) is 10.5. The summed E-state index contributed by atoms with van der Waals surface area (Å²) in [5.74, 6) is -0.171. The predicted octanol–water partition coefficient (Wildman–Crippen LogP) is 2.40. The molecule has 0 radical (unpaired) electrons. The van der Waals surface area contributed by atoms with Gasteiger partial charge in [-0.3, -0.25) is 9.59 Å². The SMILES string of the molecule is CC(C)C(N[C@H]1C[C@@H](C(=O)N2CCOCC2)CN(C(=O)O)C1)C(=O)c1nc2ccccc2n1C1CC1. The van der Waals surface area contributed by atoms with Gasteiger partial charge in [0.05, 0.1) is 36.2 Å². The van der Waals surface area contributed by atoms with Gasteiger partial charge in [-0.05, 0) is 37.3 Å². The van der Waals surface area contributed by atoms with Crippen molar-refractivity contribution in [3.05, 3.63) is 30.1 Å². The minimum atomic E-state index is -1.05. The molecule has 10 heteroatoms. The highest BCUT2D eigenvalue weighted by Gasteiger charge is 2.39. The smallest absolute Gasteiger partial charge is 0.407 e. The number of carbonyl (C=O) groups is 3. The number of carboxylic acid groups (broad SMARTS) is 1. The number of Topliss-reactive ketones (excluding diaryl/α,β-unsaturated/α-hetero) is 1. The van der Waals surface area contributed by atoms with Crippen LogP contribution in [-0.4, -0.2) is 93.7 Å². The number of hydrogen-bond acceptors (Lipinski definition) is 6. The Kier molecular flexibility index (Phi) is 6.98. The van der Waals surface area contributed by atoms with Crippen LogP contribution in [0.4, 0.5) is 4.79 Å². The summed E-state index contributed by atoms with van der Waals surface area (Å²) in [7, 11) is 0. The molecular formula is C26H35N5O5. The Balaban J connectivity index is 1.38. The van der Waals surface area contributed by atoms with Crippen LogP contribution in [0.5, 0.6) is 0 Å². The van der Waals surface area contributed by atoms with Gasteiger partial charge in [0.2, 0.25) is 11.7 Å². The molecule has 3 aliphatic rings. The monoisotopic (exact) mass is 497 g/mol. The fourth-order valence-electron chi connectivity index (χ4n) is 5.48. The highest BCUT2D eigenvalue weighted by molar-refractivity contribution is 6.00. The number of aromatic nitrogens is 2. The van der Waals surface area contributed by atoms with E-state index in [1.54, 1.807) is 4.90 Å². The van der Waals surface area contributed by atoms with Gasteiger partial charge in [0.1, 0.15) is 0 Å². The molecule has 2 amide bonds. The zero-order valence-electron chi connectivity index (χ0n) is 20.9. The average molecular weight is 498 g/mol. The maximum atomic E-state index is 13.9. The van der Waals surface area contributed by atoms with Gasteiger partial charge in [-0.1, -0.05) is 26.0 Å². The first-order chi connectivity index (χ1) is 17.3. The van der Waals surface area contributed by atoms with E-state index in [9.17, 15) is 19.5 Å². The summed E-state index contributed by atoms with van der Waals surface area (Å²) in [6.07, 6.45) is 1.49. The van der Waals surface area contributed by atoms with Crippen LogP contribution < -0.4 is 5.32 Å². The number of nitrogens with one attached hydrogen (secondary N) is 1. The Bertz CT molecular complexity index is 1140. The van der Waals surface area contributed by atoms with Crippen LogP contribution >= 0.6 is 0 Å². The van der Waals surface area contributed by atoms with Gasteiger partial charge in [-0.25, -0.2) is 9.78 Å². The number of likely N-dealkylation sites (tertiary alicyclic amines) is 1. The molecule has 2 aliphatic heterocycles. The molecule has 0 bridgehead atoms. The first-order valence-electron chi connectivity index (χ1n) is 12.9. The summed E-state index contributed by atoms with van der Waals surface area (Å²) in [6, 6.07) is 7.24. The van der Waals surface area contributed by atoms with Crippen molar-refractivity contribution in [2.24, 2.45) is 11.8 Å². The molecule has 1 aromatic heterocycles. The lowest BCUT2D eigenvalue weighted by molar-refractivity contribution is -0.141. The lowest BCUT2D eigenvalue weighted by atomic mass is 9.90. The first-order valence-corrected chi connectivity index (χ1v) is 12.9. The molecule has 2 aromatic rings. The van der Waals surface area contributed by atoms with Gasteiger partial charge < -0.3 is 29.5 Å². The Morgan fingerprint density at radius 1 is 1.08 bits per heavy atom. The zero-order valence-corrected chi connectivity index (χ0v) is 20.9. The van der Waals surface area contributed by atoms with Gasteiger partial charge in [0.15, 0.2) is 5.82 Å². The van der Waals surface area contributed by atoms with Crippen molar-refractivity contribution >= 4 is 28.8 Å². The van der Waals surface area contributed by atoms with Crippen LogP contribution in [0.25, 0.3) is 11.0 Å². The molecule has 1 aromatic carbocycles. The van der Waals surface area contributed by atoms with Crippen molar-refractivity contribution in [2.75, 3.05) is 39.4 Å². The molecule has 3 fully saturated rings. The lowest BCUT2D eigenvalue weighted by Crippen LogP contribution is -2.58. The molecule has 1 saturated carbocycles. The van der Waals surface area contributed by atoms with E-state index in [2.05, 4.69) is 9.88 Å². The second kappa shape index (κ2) is 10.2. The van der Waals surface area contributed by atoms with Gasteiger partial charge in [-0.2, -0.15) is 0 Å². The van der Waals surface area contributed by atoms with Crippen LogP contribution in [0.3, 0.4) is 0 Å². The number of carbonyl (C=O) groups excluding carboxylic acids is 2. The molecule has 3 atom stereocenters. The third-order valence-electron chi connectivity index (χ3n) is 7.49. The van der Waals surface area contributed by atoms with E-state index in [1.807, 2.05) is 38.1 Å². The molecule has 0 spiro atoms. The van der Waals surface area contributed by atoms with Gasteiger partial charge in [0, 0.05) is 38.3 Å². The Hall–Kier alpha value is -2.98. The van der Waals surface area contributed by atoms with E-state index >= 15 is 0 Å². The minimum absolute atomic E-state index is 0.0426. The van der Waals surface area contributed by atoms with Crippen molar-refractivity contribution in [1.82, 2.24) is 24.7 Å². The van der Waals surface area contributed by atoms with E-state index in [4.69, 9.17) is 9.72 Å². The van der Waals surface area contributed by atoms with Gasteiger partial charge in [-0.15, -0.1) is 0 Å². The molecule has 2 N–H and O–H groups in total. The van der Waals surface area contributed by atoms with Gasteiger partial charge >= 0.3 is 6.09 Å². The Labute approximate surface area is 210 Å². The number of rotatable bonds is 7. The summed E-state index contributed by atoms with van der Waals surface area (Å²) in [5.41, 5.74) is 1.78. The number of imidazole rings is 1. The average Bonchev–Trinajstić information content (AvgIpc) is 3.65. The van der Waals surface area contributed by atoms with E-state index in [-0.39, 0.29) is 42.8 Å². The van der Waals surface area contributed by atoms with E-state index < -0.39 is 18.1 Å². The van der Waals surface area contributed by atoms with E-state index in [0.29, 0.717) is 38.5 Å². The summed E-state index contributed by atoms with van der Waals surface area (Å²) in [5, 5.41) is 13.2. The van der Waals surface area contributed by atoms with Crippen LogP contribution in [-0.2, 0) is 9.53 Å². The number of benzene rings is 1. The molecule has 36 heavy (non-hydrogen) atoms. The van der Waals surface area contributed by atoms with Crippen molar-refractivity contribution in [3.8, 4) is 0 Å². The second-order valence-electron chi connectivity index (χ2n) is 10.5. The molecule has 10 nitrogen and oxygen atoms in total. The number of hydrogen-bond donors (Lipinski definition) is 2.